The van der Waals surface area contributed by atoms with Crippen LogP contribution in [0, 0.1) is 0 Å². The van der Waals surface area contributed by atoms with Crippen LogP contribution in [0.2, 0.25) is 0 Å². The van der Waals surface area contributed by atoms with E-state index in [-0.39, 0.29) is 0 Å². The molecule has 0 saturated heterocycles. The van der Waals surface area contributed by atoms with Crippen molar-refractivity contribution in [2.24, 2.45) is 0 Å². The van der Waals surface area contributed by atoms with Crippen molar-refractivity contribution in [3.8, 4) is 0 Å². The maximum atomic E-state index is 9.63. The van der Waals surface area contributed by atoms with E-state index < -0.39 is 6.10 Å². The highest BCUT2D eigenvalue weighted by molar-refractivity contribution is 5.47. The molecule has 0 spiro atoms. The molecule has 1 heterocycles. The third kappa shape index (κ3) is 7.24. The Kier molecular flexibility index (Phi) is 8.69. The second kappa shape index (κ2) is 10.3. The van der Waals surface area contributed by atoms with Crippen molar-refractivity contribution in [3.63, 3.8) is 0 Å². The minimum atomic E-state index is -0.447. The van der Waals surface area contributed by atoms with Gasteiger partial charge >= 0.3 is 0 Å². The highest BCUT2D eigenvalue weighted by Gasteiger charge is 2.06. The van der Waals surface area contributed by atoms with Crippen molar-refractivity contribution in [1.82, 2.24) is 9.97 Å². The third-order valence-corrected chi connectivity index (χ3v) is 2.94. The molecule has 3 N–H and O–H groups in total. The number of ether oxygens (including phenoxy) is 1. The summed E-state index contributed by atoms with van der Waals surface area (Å²) in [6.45, 7) is 6.14. The zero-order chi connectivity index (χ0) is 15.5. The largest absolute Gasteiger partial charge is 0.391 e. The first-order valence-corrected chi connectivity index (χ1v) is 7.72. The molecular weight excluding hydrogens is 268 g/mol. The fraction of sp³-hybridized carbons (Fsp3) is 0.733. The molecule has 0 amide bonds. The van der Waals surface area contributed by atoms with Crippen molar-refractivity contribution in [3.05, 3.63) is 11.9 Å². The number of methoxy groups -OCH3 is 1. The van der Waals surface area contributed by atoms with Gasteiger partial charge in [-0.1, -0.05) is 13.8 Å². The summed E-state index contributed by atoms with van der Waals surface area (Å²) in [7, 11) is 1.59. The standard InChI is InChI=1S/C15H28N4O2/c1-4-6-13-18-14(16-8-5-2)10-15(19-13)17-9-7-12(20)11-21-3/h10,12,20H,4-9,11H2,1-3H3,(H2,16,17,18,19). The van der Waals surface area contributed by atoms with Crippen molar-refractivity contribution in [2.45, 2.75) is 45.6 Å². The quantitative estimate of drug-likeness (QED) is 0.580. The molecule has 21 heavy (non-hydrogen) atoms. The van der Waals surface area contributed by atoms with E-state index in [1.807, 2.05) is 6.07 Å². The molecule has 0 aliphatic heterocycles. The van der Waals surface area contributed by atoms with Crippen molar-refractivity contribution in [1.29, 1.82) is 0 Å². The predicted molar refractivity (Wildman–Crippen MR) is 85.8 cm³/mol. The van der Waals surface area contributed by atoms with Gasteiger partial charge in [-0.15, -0.1) is 0 Å². The van der Waals surface area contributed by atoms with Crippen LogP contribution < -0.4 is 10.6 Å². The van der Waals surface area contributed by atoms with Crippen molar-refractivity contribution < 1.29 is 9.84 Å². The highest BCUT2D eigenvalue weighted by atomic mass is 16.5. The molecule has 0 radical (unpaired) electrons. The number of nitrogens with one attached hydrogen (secondary N) is 2. The molecule has 6 nitrogen and oxygen atoms in total. The molecule has 0 saturated carbocycles. The molecule has 1 aromatic rings. The normalized spacial score (nSPS) is 12.2. The Morgan fingerprint density at radius 1 is 1.14 bits per heavy atom. The van der Waals surface area contributed by atoms with Crippen molar-refractivity contribution in [2.75, 3.05) is 37.4 Å². The monoisotopic (exact) mass is 296 g/mol. The Hall–Kier alpha value is -1.40. The molecule has 1 rings (SSSR count). The molecule has 0 bridgehead atoms. The van der Waals surface area contributed by atoms with Gasteiger partial charge in [0.2, 0.25) is 0 Å². The molecule has 1 aromatic heterocycles. The molecule has 1 atom stereocenters. The number of rotatable bonds is 11. The Labute approximate surface area is 127 Å². The van der Waals surface area contributed by atoms with Gasteiger partial charge in [-0.3, -0.25) is 0 Å². The van der Waals surface area contributed by atoms with Crippen LogP contribution in [-0.2, 0) is 11.2 Å². The number of anilines is 2. The average molecular weight is 296 g/mol. The molecule has 1 unspecified atom stereocenters. The lowest BCUT2D eigenvalue weighted by Crippen LogP contribution is -2.19. The number of hydrogen-bond acceptors (Lipinski definition) is 6. The second-order valence-corrected chi connectivity index (χ2v) is 5.06. The first kappa shape index (κ1) is 17.7. The maximum Gasteiger partial charge on any atom is 0.133 e. The van der Waals surface area contributed by atoms with E-state index >= 15 is 0 Å². The lowest BCUT2D eigenvalue weighted by Gasteiger charge is -2.12. The number of nitrogens with zero attached hydrogens (tertiary/aromatic N) is 2. The van der Waals surface area contributed by atoms with Gasteiger partial charge in [-0.25, -0.2) is 9.97 Å². The van der Waals surface area contributed by atoms with Gasteiger partial charge in [-0.2, -0.15) is 0 Å². The zero-order valence-corrected chi connectivity index (χ0v) is 13.4. The summed E-state index contributed by atoms with van der Waals surface area (Å²) in [5.41, 5.74) is 0. The molecule has 0 aliphatic rings. The van der Waals surface area contributed by atoms with Crippen LogP contribution in [0.5, 0.6) is 0 Å². The Balaban J connectivity index is 2.59. The van der Waals surface area contributed by atoms with Crippen LogP contribution in [0.4, 0.5) is 11.6 Å². The van der Waals surface area contributed by atoms with Gasteiger partial charge in [0.1, 0.15) is 17.5 Å². The van der Waals surface area contributed by atoms with Gasteiger partial charge in [0, 0.05) is 32.7 Å². The second-order valence-electron chi connectivity index (χ2n) is 5.06. The molecule has 0 fully saturated rings. The molecular formula is C15H28N4O2. The molecule has 0 aliphatic carbocycles. The average Bonchev–Trinajstić information content (AvgIpc) is 2.45. The van der Waals surface area contributed by atoms with Crippen LogP contribution in [0.1, 0.15) is 38.9 Å². The fourth-order valence-corrected chi connectivity index (χ4v) is 1.91. The minimum Gasteiger partial charge on any atom is -0.391 e. The van der Waals surface area contributed by atoms with Gasteiger partial charge in [-0.05, 0) is 19.3 Å². The molecule has 6 heteroatoms. The van der Waals surface area contributed by atoms with Crippen LogP contribution in [-0.4, -0.2) is 48.0 Å². The third-order valence-electron chi connectivity index (χ3n) is 2.94. The highest BCUT2D eigenvalue weighted by Crippen LogP contribution is 2.13. The van der Waals surface area contributed by atoms with E-state index in [4.69, 9.17) is 4.74 Å². The maximum absolute atomic E-state index is 9.63. The van der Waals surface area contributed by atoms with E-state index in [1.165, 1.54) is 0 Å². The summed E-state index contributed by atoms with van der Waals surface area (Å²) in [5.74, 6) is 2.51. The van der Waals surface area contributed by atoms with E-state index in [9.17, 15) is 5.11 Å². The SMILES string of the molecule is CCCNc1cc(NCCC(O)COC)nc(CCC)n1. The fourth-order valence-electron chi connectivity index (χ4n) is 1.91. The van der Waals surface area contributed by atoms with E-state index in [2.05, 4.69) is 34.4 Å². The van der Waals surface area contributed by atoms with Crippen LogP contribution in [0.15, 0.2) is 6.07 Å². The van der Waals surface area contributed by atoms with Gasteiger partial charge in [0.25, 0.3) is 0 Å². The molecule has 120 valence electrons. The molecule has 0 aromatic carbocycles. The van der Waals surface area contributed by atoms with Crippen molar-refractivity contribution >= 4 is 11.6 Å². The van der Waals surface area contributed by atoms with Gasteiger partial charge < -0.3 is 20.5 Å². The predicted octanol–water partition coefficient (Wildman–Crippen LogP) is 2.06. The summed E-state index contributed by atoms with van der Waals surface area (Å²) in [6, 6.07) is 1.91. The smallest absolute Gasteiger partial charge is 0.133 e. The minimum absolute atomic E-state index is 0.357. The van der Waals surface area contributed by atoms with Gasteiger partial charge in [0.15, 0.2) is 0 Å². The summed E-state index contributed by atoms with van der Waals surface area (Å²) in [5, 5.41) is 16.2. The first-order chi connectivity index (χ1) is 10.2. The Morgan fingerprint density at radius 3 is 2.38 bits per heavy atom. The Morgan fingerprint density at radius 2 is 1.81 bits per heavy atom. The Bertz CT molecular complexity index is 401. The van der Waals surface area contributed by atoms with E-state index in [0.29, 0.717) is 19.6 Å². The summed E-state index contributed by atoms with van der Waals surface area (Å²) >= 11 is 0. The summed E-state index contributed by atoms with van der Waals surface area (Å²) in [4.78, 5) is 9.00. The number of hydrogen-bond donors (Lipinski definition) is 3. The zero-order valence-electron chi connectivity index (χ0n) is 13.4. The lowest BCUT2D eigenvalue weighted by molar-refractivity contribution is 0.0615. The van der Waals surface area contributed by atoms with Crippen LogP contribution in [0.25, 0.3) is 0 Å². The van der Waals surface area contributed by atoms with Crippen LogP contribution >= 0.6 is 0 Å². The summed E-state index contributed by atoms with van der Waals surface area (Å²) < 4.78 is 4.91. The topological polar surface area (TPSA) is 79.3 Å². The first-order valence-electron chi connectivity index (χ1n) is 7.72. The van der Waals surface area contributed by atoms with Crippen LogP contribution in [0.3, 0.4) is 0 Å². The lowest BCUT2D eigenvalue weighted by atomic mass is 10.2. The number of aryl methyl sites for hydroxylation is 1. The van der Waals surface area contributed by atoms with Gasteiger partial charge in [0.05, 0.1) is 12.7 Å². The number of aliphatic hydroxyl groups excluding tert-OH is 1. The summed E-state index contributed by atoms with van der Waals surface area (Å²) in [6.07, 6.45) is 3.11. The number of aliphatic hydroxyl groups is 1. The van der Waals surface area contributed by atoms with E-state index in [0.717, 1.165) is 43.3 Å². The number of aromatic nitrogens is 2. The van der Waals surface area contributed by atoms with E-state index in [1.54, 1.807) is 7.11 Å².